The van der Waals surface area contributed by atoms with Gasteiger partial charge < -0.3 is 53.0 Å². The molecule has 0 aliphatic carbocycles. The minimum absolute atomic E-state index is 0.0249. The van der Waals surface area contributed by atoms with E-state index in [1.54, 1.807) is 44.4 Å². The number of carbonyl (C=O) groups is 3. The van der Waals surface area contributed by atoms with Gasteiger partial charge in [-0.3, -0.25) is 24.3 Å². The molecule has 0 spiro atoms. The Kier molecular flexibility index (Phi) is 15.1. The summed E-state index contributed by atoms with van der Waals surface area (Å²) >= 11 is 0. The second-order valence-electron chi connectivity index (χ2n) is 17.4. The molecule has 16 nitrogen and oxygen atoms in total. The molecule has 4 heterocycles. The molecule has 0 saturated carbocycles. The molecule has 2 amide bonds. The van der Waals surface area contributed by atoms with E-state index in [0.717, 1.165) is 45.7 Å². The molecule has 0 bridgehead atoms. The number of nitrogens with one attached hydrogen (secondary N) is 1. The normalized spacial score (nSPS) is 16.2. The molecule has 70 heavy (non-hydrogen) atoms. The summed E-state index contributed by atoms with van der Waals surface area (Å²) in [6, 6.07) is 28.9. The Balaban J connectivity index is 0.987. The molecule has 4 aliphatic rings. The lowest BCUT2D eigenvalue weighted by Gasteiger charge is -2.26. The topological polar surface area (TPSA) is 159 Å². The summed E-state index contributed by atoms with van der Waals surface area (Å²) in [6.45, 7) is 4.10. The van der Waals surface area contributed by atoms with Crippen LogP contribution in [0.5, 0.6) is 23.0 Å². The van der Waals surface area contributed by atoms with Gasteiger partial charge in [0, 0.05) is 75.0 Å². The number of hydrogen-bond acceptors (Lipinski definition) is 14. The van der Waals surface area contributed by atoms with Gasteiger partial charge in [0.15, 0.2) is 23.0 Å². The second-order valence-corrected chi connectivity index (χ2v) is 17.4. The molecule has 5 aromatic carbocycles. The first-order valence-electron chi connectivity index (χ1n) is 23.7. The molecule has 16 heteroatoms. The van der Waals surface area contributed by atoms with Crippen molar-refractivity contribution in [1.29, 1.82) is 0 Å². The quantitative estimate of drug-likeness (QED) is 0.0535. The number of anilines is 4. The van der Waals surface area contributed by atoms with Gasteiger partial charge in [-0.05, 0) is 77.6 Å². The zero-order valence-electron chi connectivity index (χ0n) is 40.1. The number of esters is 1. The lowest BCUT2D eigenvalue weighted by Crippen LogP contribution is -2.39. The van der Waals surface area contributed by atoms with Gasteiger partial charge in [-0.1, -0.05) is 36.4 Å². The van der Waals surface area contributed by atoms with Crippen LogP contribution in [-0.4, -0.2) is 117 Å². The predicted molar refractivity (Wildman–Crippen MR) is 266 cm³/mol. The maximum Gasteiger partial charge on any atom is 0.305 e. The molecular formula is C54H59N5O11. The van der Waals surface area contributed by atoms with Crippen LogP contribution in [0, 0.1) is 0 Å². The fourth-order valence-electron chi connectivity index (χ4n) is 9.54. The smallest absolute Gasteiger partial charge is 0.305 e. The van der Waals surface area contributed by atoms with Crippen LogP contribution in [0.2, 0.25) is 0 Å². The van der Waals surface area contributed by atoms with Gasteiger partial charge in [0.05, 0.1) is 88.9 Å². The number of ether oxygens (including phenoxy) is 8. The predicted octanol–water partition coefficient (Wildman–Crippen LogP) is 7.59. The lowest BCUT2D eigenvalue weighted by atomic mass is 10.1. The van der Waals surface area contributed by atoms with E-state index < -0.39 is 0 Å². The number of carbonyl (C=O) groups excluding carboxylic acids is 3. The van der Waals surface area contributed by atoms with Crippen molar-refractivity contribution in [3.05, 3.63) is 124 Å². The number of aliphatic imine (C=N–C) groups is 1. The molecule has 0 saturated heterocycles. The van der Waals surface area contributed by atoms with Gasteiger partial charge in [0.2, 0.25) is 0 Å². The Bertz CT molecular complexity index is 2750. The molecule has 9 rings (SSSR count). The van der Waals surface area contributed by atoms with Gasteiger partial charge in [0.1, 0.15) is 13.2 Å². The highest BCUT2D eigenvalue weighted by atomic mass is 16.5. The zero-order valence-corrected chi connectivity index (χ0v) is 40.1. The number of methoxy groups -OCH3 is 4. The van der Waals surface area contributed by atoms with E-state index in [1.807, 2.05) is 77.8 Å². The molecule has 0 fully saturated rings. The highest BCUT2D eigenvalue weighted by molar-refractivity contribution is 6.15. The van der Waals surface area contributed by atoms with Gasteiger partial charge in [-0.15, -0.1) is 0 Å². The first-order chi connectivity index (χ1) is 34.3. The van der Waals surface area contributed by atoms with Gasteiger partial charge in [-0.2, -0.15) is 0 Å². The molecule has 1 unspecified atom stereocenters. The Morgan fingerprint density at radius 3 is 2.01 bits per heavy atom. The standard InChI is InChI=1S/C54H59N5O11/c1-63-18-19-68-21-20-67-17-16-57(15-9-14-52(60)66-4)39-23-35(33-69-50-29-44-42(27-48(50)64-2)53(61)58-40(31-55-44)25-37-10-5-7-12-46(37)58)22-36(24-39)34-70-51-30-45-43(28-49(51)65-3)54(62)59-41(32-56-45)26-38-11-6-8-13-47(38)59/h5-8,10-13,22-24,27-31,40-41,56H,9,14-21,25-26,32-34H2,1-4H3/t40-,41?/m0/s1. The number of benzene rings is 5. The Hall–Kier alpha value is -7.14. The zero-order chi connectivity index (χ0) is 48.6. The first kappa shape index (κ1) is 47.9. The Labute approximate surface area is 408 Å². The van der Waals surface area contributed by atoms with E-state index in [4.69, 9.17) is 42.9 Å². The summed E-state index contributed by atoms with van der Waals surface area (Å²) in [7, 11) is 6.13. The molecule has 2 atom stereocenters. The van der Waals surface area contributed by atoms with Crippen LogP contribution in [0.4, 0.5) is 28.4 Å². The van der Waals surface area contributed by atoms with Crippen molar-refractivity contribution in [3.8, 4) is 23.0 Å². The molecule has 0 aromatic heterocycles. The van der Waals surface area contributed by atoms with E-state index in [0.29, 0.717) is 111 Å². The van der Waals surface area contributed by atoms with E-state index in [9.17, 15) is 14.4 Å². The third-order valence-corrected chi connectivity index (χ3v) is 13.0. The SMILES string of the molecule is COCCOCCOCCN(CCCC(=O)OC)c1cc(COc2cc3c(cc2OC)C(=O)N2c4ccccc4C[C@H]2C=N3)cc(COc2cc3c(cc2OC)C(=O)N2c4ccccc4CC2CN3)c1. The van der Waals surface area contributed by atoms with Crippen LogP contribution in [-0.2, 0) is 49.8 Å². The monoisotopic (exact) mass is 953 g/mol. The van der Waals surface area contributed by atoms with Gasteiger partial charge in [-0.25, -0.2) is 0 Å². The molecule has 1 N–H and O–H groups in total. The summed E-state index contributed by atoms with van der Waals surface area (Å²) in [4.78, 5) is 51.2. The Morgan fingerprint density at radius 1 is 0.686 bits per heavy atom. The summed E-state index contributed by atoms with van der Waals surface area (Å²) in [5.74, 6) is 1.18. The summed E-state index contributed by atoms with van der Waals surface area (Å²) in [5.41, 5.74) is 8.65. The van der Waals surface area contributed by atoms with E-state index in [-0.39, 0.29) is 49.5 Å². The van der Waals surface area contributed by atoms with Crippen LogP contribution in [0.1, 0.15) is 55.8 Å². The van der Waals surface area contributed by atoms with Crippen molar-refractivity contribution in [2.45, 2.75) is 51.0 Å². The minimum atomic E-state index is -0.289. The van der Waals surface area contributed by atoms with Crippen molar-refractivity contribution in [1.82, 2.24) is 0 Å². The largest absolute Gasteiger partial charge is 0.493 e. The van der Waals surface area contributed by atoms with Crippen LogP contribution in [0.25, 0.3) is 0 Å². The number of fused-ring (bicyclic) bond motifs is 8. The average molecular weight is 954 g/mol. The fourth-order valence-corrected chi connectivity index (χ4v) is 9.54. The third-order valence-electron chi connectivity index (χ3n) is 13.0. The van der Waals surface area contributed by atoms with Crippen molar-refractivity contribution < 1.29 is 52.3 Å². The number of nitrogens with zero attached hydrogens (tertiary/aromatic N) is 4. The molecule has 5 aromatic rings. The lowest BCUT2D eigenvalue weighted by molar-refractivity contribution is -0.140. The third kappa shape index (κ3) is 10.4. The van der Waals surface area contributed by atoms with Crippen LogP contribution in [0.3, 0.4) is 0 Å². The number of para-hydroxylation sites is 2. The van der Waals surface area contributed by atoms with Crippen molar-refractivity contribution >= 4 is 52.4 Å². The fraction of sp³-hybridized carbons (Fsp3) is 0.370. The highest BCUT2D eigenvalue weighted by Gasteiger charge is 2.39. The second kappa shape index (κ2) is 22.1. The van der Waals surface area contributed by atoms with Gasteiger partial charge >= 0.3 is 5.97 Å². The van der Waals surface area contributed by atoms with E-state index in [1.165, 1.54) is 7.11 Å². The molecular weight excluding hydrogens is 895 g/mol. The van der Waals surface area contributed by atoms with Crippen LogP contribution >= 0.6 is 0 Å². The minimum Gasteiger partial charge on any atom is -0.493 e. The summed E-state index contributed by atoms with van der Waals surface area (Å²) < 4.78 is 46.5. The maximum absolute atomic E-state index is 14.2. The average Bonchev–Trinajstić information content (AvgIpc) is 3.88. The number of rotatable bonds is 22. The molecule has 4 aliphatic heterocycles. The summed E-state index contributed by atoms with van der Waals surface area (Å²) in [5, 5.41) is 3.52. The molecule has 366 valence electrons. The van der Waals surface area contributed by atoms with Crippen LogP contribution in [0.15, 0.2) is 96.0 Å². The summed E-state index contributed by atoms with van der Waals surface area (Å²) in [6.07, 6.45) is 4.06. The van der Waals surface area contributed by atoms with E-state index >= 15 is 0 Å². The molecule has 0 radical (unpaired) electrons. The first-order valence-corrected chi connectivity index (χ1v) is 23.7. The van der Waals surface area contributed by atoms with Crippen LogP contribution < -0.4 is 39.0 Å². The van der Waals surface area contributed by atoms with E-state index in [2.05, 4.69) is 16.3 Å². The Morgan fingerprint density at radius 2 is 1.31 bits per heavy atom. The number of hydrogen-bond donors (Lipinski definition) is 1. The maximum atomic E-state index is 14.2. The van der Waals surface area contributed by atoms with Crippen molar-refractivity contribution in [2.24, 2.45) is 4.99 Å². The van der Waals surface area contributed by atoms with Gasteiger partial charge in [0.25, 0.3) is 11.8 Å². The van der Waals surface area contributed by atoms with Crippen molar-refractivity contribution in [3.63, 3.8) is 0 Å². The number of amides is 2. The highest BCUT2D eigenvalue weighted by Crippen LogP contribution is 2.43. The van der Waals surface area contributed by atoms with Crippen molar-refractivity contribution in [2.75, 3.05) is 101 Å².